The highest BCUT2D eigenvalue weighted by Crippen LogP contribution is 2.26. The van der Waals surface area contributed by atoms with Crippen molar-refractivity contribution in [3.63, 3.8) is 0 Å². The van der Waals surface area contributed by atoms with Crippen molar-refractivity contribution in [3.8, 4) is 17.1 Å². The molecule has 0 aliphatic rings. The number of fused-ring (bicyclic) bond motifs is 1. The molecular weight excluding hydrogens is 356 g/mol. The van der Waals surface area contributed by atoms with E-state index in [1.165, 1.54) is 11.1 Å². The fourth-order valence-electron chi connectivity index (χ4n) is 3.18. The average molecular weight is 377 g/mol. The van der Waals surface area contributed by atoms with E-state index in [9.17, 15) is 0 Å². The Morgan fingerprint density at radius 2 is 1.70 bits per heavy atom. The summed E-state index contributed by atoms with van der Waals surface area (Å²) in [5.74, 6) is 1.83. The second-order valence-electron chi connectivity index (χ2n) is 6.68. The van der Waals surface area contributed by atoms with Gasteiger partial charge in [-0.05, 0) is 73.5 Å². The van der Waals surface area contributed by atoms with Crippen LogP contribution in [-0.2, 0) is 6.54 Å². The largest absolute Gasteiger partial charge is 0.492 e. The van der Waals surface area contributed by atoms with Gasteiger partial charge >= 0.3 is 0 Å². The fraction of sp³-hybridized carbons (Fsp3) is 0.174. The van der Waals surface area contributed by atoms with E-state index in [4.69, 9.17) is 21.3 Å². The van der Waals surface area contributed by atoms with Crippen LogP contribution in [0.2, 0.25) is 5.02 Å². The molecule has 3 nitrogen and oxygen atoms in total. The molecule has 3 aromatic carbocycles. The van der Waals surface area contributed by atoms with Crippen LogP contribution in [0.4, 0.5) is 0 Å². The van der Waals surface area contributed by atoms with Gasteiger partial charge in [-0.3, -0.25) is 0 Å². The average Bonchev–Trinajstić information content (AvgIpc) is 3.04. The van der Waals surface area contributed by atoms with Crippen LogP contribution < -0.4 is 4.74 Å². The standard InChI is InChI=1S/C23H21ClN2O/c1-16-7-12-20(15-17(16)2)27-14-13-26-22-6-4-3-5-21(22)25-23(26)18-8-10-19(24)11-9-18/h3-12,15H,13-14H2,1-2H3. The van der Waals surface area contributed by atoms with E-state index in [0.29, 0.717) is 13.2 Å². The van der Waals surface area contributed by atoms with Gasteiger partial charge in [-0.25, -0.2) is 4.98 Å². The Bertz CT molecular complexity index is 1080. The van der Waals surface area contributed by atoms with E-state index in [1.54, 1.807) is 0 Å². The van der Waals surface area contributed by atoms with Gasteiger partial charge in [-0.2, -0.15) is 0 Å². The normalized spacial score (nSPS) is 11.1. The molecule has 0 amide bonds. The minimum atomic E-state index is 0.573. The molecule has 0 fully saturated rings. The minimum Gasteiger partial charge on any atom is -0.492 e. The lowest BCUT2D eigenvalue weighted by atomic mass is 10.1. The highest BCUT2D eigenvalue weighted by atomic mass is 35.5. The number of nitrogens with zero attached hydrogens (tertiary/aromatic N) is 2. The van der Waals surface area contributed by atoms with Crippen molar-refractivity contribution < 1.29 is 4.74 Å². The third kappa shape index (κ3) is 3.69. The van der Waals surface area contributed by atoms with Crippen molar-refractivity contribution in [1.29, 1.82) is 0 Å². The maximum absolute atomic E-state index is 6.05. The Hall–Kier alpha value is -2.78. The summed E-state index contributed by atoms with van der Waals surface area (Å²) in [7, 11) is 0. The number of hydrogen-bond acceptors (Lipinski definition) is 2. The van der Waals surface area contributed by atoms with Crippen molar-refractivity contribution in [3.05, 3.63) is 82.9 Å². The second-order valence-corrected chi connectivity index (χ2v) is 7.11. The maximum atomic E-state index is 6.05. The number of para-hydroxylation sites is 2. The first-order valence-corrected chi connectivity index (χ1v) is 9.41. The van der Waals surface area contributed by atoms with Crippen molar-refractivity contribution in [2.75, 3.05) is 6.61 Å². The zero-order valence-electron chi connectivity index (χ0n) is 15.4. The number of ether oxygens (including phenoxy) is 1. The second kappa shape index (κ2) is 7.45. The third-order valence-electron chi connectivity index (χ3n) is 4.82. The summed E-state index contributed by atoms with van der Waals surface area (Å²) in [4.78, 5) is 4.83. The first-order chi connectivity index (χ1) is 13.1. The zero-order valence-corrected chi connectivity index (χ0v) is 16.2. The van der Waals surface area contributed by atoms with Gasteiger partial charge in [0.15, 0.2) is 0 Å². The van der Waals surface area contributed by atoms with Crippen molar-refractivity contribution in [2.45, 2.75) is 20.4 Å². The summed E-state index contributed by atoms with van der Waals surface area (Å²) in [5, 5.41) is 0.722. The molecule has 0 N–H and O–H groups in total. The zero-order chi connectivity index (χ0) is 18.8. The molecule has 0 atom stereocenters. The molecule has 136 valence electrons. The smallest absolute Gasteiger partial charge is 0.141 e. The van der Waals surface area contributed by atoms with Crippen molar-refractivity contribution >= 4 is 22.6 Å². The molecule has 1 heterocycles. The molecule has 0 saturated heterocycles. The van der Waals surface area contributed by atoms with Crippen LogP contribution in [0.3, 0.4) is 0 Å². The highest BCUT2D eigenvalue weighted by Gasteiger charge is 2.12. The van der Waals surface area contributed by atoms with Gasteiger partial charge in [-0.15, -0.1) is 0 Å². The summed E-state index contributed by atoms with van der Waals surface area (Å²) in [6, 6.07) is 22.2. The van der Waals surface area contributed by atoms with Crippen LogP contribution in [0, 0.1) is 13.8 Å². The van der Waals surface area contributed by atoms with E-state index >= 15 is 0 Å². The number of halogens is 1. The van der Waals surface area contributed by atoms with Gasteiger partial charge in [0.1, 0.15) is 18.2 Å². The molecule has 4 heteroatoms. The van der Waals surface area contributed by atoms with Gasteiger partial charge in [-0.1, -0.05) is 29.8 Å². The SMILES string of the molecule is Cc1ccc(OCCn2c(-c3ccc(Cl)cc3)nc3ccccc32)cc1C. The van der Waals surface area contributed by atoms with Gasteiger partial charge in [0.05, 0.1) is 17.6 Å². The minimum absolute atomic E-state index is 0.573. The first-order valence-electron chi connectivity index (χ1n) is 9.03. The molecule has 4 rings (SSSR count). The van der Waals surface area contributed by atoms with Gasteiger partial charge in [0.2, 0.25) is 0 Å². The summed E-state index contributed by atoms with van der Waals surface area (Å²) in [6.07, 6.45) is 0. The van der Waals surface area contributed by atoms with Crippen LogP contribution in [0.15, 0.2) is 66.7 Å². The summed E-state index contributed by atoms with van der Waals surface area (Å²) >= 11 is 6.05. The van der Waals surface area contributed by atoms with Gasteiger partial charge in [0, 0.05) is 10.6 Å². The van der Waals surface area contributed by atoms with E-state index in [1.807, 2.05) is 48.5 Å². The molecule has 0 radical (unpaired) electrons. The summed E-state index contributed by atoms with van der Waals surface area (Å²) in [6.45, 7) is 5.49. The number of rotatable bonds is 5. The molecule has 27 heavy (non-hydrogen) atoms. The predicted molar refractivity (Wildman–Crippen MR) is 112 cm³/mol. The van der Waals surface area contributed by atoms with Crippen LogP contribution >= 0.6 is 11.6 Å². The maximum Gasteiger partial charge on any atom is 0.141 e. The molecule has 0 spiro atoms. The summed E-state index contributed by atoms with van der Waals surface area (Å²) in [5.41, 5.74) is 5.64. The Balaban J connectivity index is 1.62. The third-order valence-corrected chi connectivity index (χ3v) is 5.07. The Morgan fingerprint density at radius 3 is 2.48 bits per heavy atom. The Morgan fingerprint density at radius 1 is 0.926 bits per heavy atom. The van der Waals surface area contributed by atoms with Crippen LogP contribution in [0.5, 0.6) is 5.75 Å². The highest BCUT2D eigenvalue weighted by molar-refractivity contribution is 6.30. The summed E-state index contributed by atoms with van der Waals surface area (Å²) < 4.78 is 8.21. The molecule has 1 aromatic heterocycles. The van der Waals surface area contributed by atoms with E-state index < -0.39 is 0 Å². The van der Waals surface area contributed by atoms with Gasteiger partial charge < -0.3 is 9.30 Å². The van der Waals surface area contributed by atoms with E-state index in [0.717, 1.165) is 33.2 Å². The number of imidazole rings is 1. The van der Waals surface area contributed by atoms with Crippen LogP contribution in [-0.4, -0.2) is 16.2 Å². The van der Waals surface area contributed by atoms with Crippen LogP contribution in [0.25, 0.3) is 22.4 Å². The predicted octanol–water partition coefficient (Wildman–Crippen LogP) is 6.05. The lowest BCUT2D eigenvalue weighted by Crippen LogP contribution is -2.09. The lowest BCUT2D eigenvalue weighted by molar-refractivity contribution is 0.300. The van der Waals surface area contributed by atoms with Gasteiger partial charge in [0.25, 0.3) is 0 Å². The molecule has 0 bridgehead atoms. The molecule has 0 saturated carbocycles. The Kier molecular flexibility index (Phi) is 4.87. The lowest BCUT2D eigenvalue weighted by Gasteiger charge is -2.12. The van der Waals surface area contributed by atoms with E-state index in [-0.39, 0.29) is 0 Å². The molecule has 0 unspecified atom stereocenters. The Labute approximate surface area is 164 Å². The fourth-order valence-corrected chi connectivity index (χ4v) is 3.31. The molecule has 0 aliphatic heterocycles. The van der Waals surface area contributed by atoms with Crippen molar-refractivity contribution in [2.24, 2.45) is 0 Å². The molecular formula is C23H21ClN2O. The molecule has 0 aliphatic carbocycles. The first kappa shape index (κ1) is 17.6. The van der Waals surface area contributed by atoms with Crippen molar-refractivity contribution in [1.82, 2.24) is 9.55 Å². The number of aryl methyl sites for hydroxylation is 2. The topological polar surface area (TPSA) is 27.1 Å². The monoisotopic (exact) mass is 376 g/mol. The number of aromatic nitrogens is 2. The number of benzene rings is 3. The quantitative estimate of drug-likeness (QED) is 0.423. The number of hydrogen-bond donors (Lipinski definition) is 0. The van der Waals surface area contributed by atoms with E-state index in [2.05, 4.69) is 36.6 Å². The van der Waals surface area contributed by atoms with Crippen LogP contribution in [0.1, 0.15) is 11.1 Å². The molecule has 4 aromatic rings.